The van der Waals surface area contributed by atoms with Crippen LogP contribution in [0.1, 0.15) is 11.4 Å². The number of halogens is 2. The quantitative estimate of drug-likeness (QED) is 0.879. The van der Waals surface area contributed by atoms with Gasteiger partial charge in [-0.1, -0.05) is 17.7 Å². The molecule has 1 aromatic heterocycles. The Kier molecular flexibility index (Phi) is 3.73. The van der Waals surface area contributed by atoms with Crippen molar-refractivity contribution in [3.05, 3.63) is 39.1 Å². The lowest BCUT2D eigenvalue weighted by molar-refractivity contribution is 1.04. The minimum Gasteiger partial charge on any atom is -0.383 e. The number of hydrogen-bond donors (Lipinski definition) is 2. The van der Waals surface area contributed by atoms with E-state index < -0.39 is 0 Å². The molecule has 0 spiro atoms. The third kappa shape index (κ3) is 2.57. The zero-order valence-electron chi connectivity index (χ0n) is 9.96. The molecule has 0 aliphatic rings. The summed E-state index contributed by atoms with van der Waals surface area (Å²) in [5.41, 5.74) is 7.46. The normalized spacial score (nSPS) is 10.4. The number of nitrogen functional groups attached to an aromatic ring is 1. The summed E-state index contributed by atoms with van der Waals surface area (Å²) in [5.74, 6) is 1.78. The largest absolute Gasteiger partial charge is 0.383 e. The number of nitrogens with zero attached hydrogens (tertiary/aromatic N) is 2. The molecule has 2 aromatic rings. The summed E-state index contributed by atoms with van der Waals surface area (Å²) in [7, 11) is 0. The molecular formula is C12H12BrClN4. The second-order valence-electron chi connectivity index (χ2n) is 3.86. The molecule has 1 aromatic carbocycles. The van der Waals surface area contributed by atoms with Gasteiger partial charge in [0.25, 0.3) is 0 Å². The van der Waals surface area contributed by atoms with Crippen LogP contribution in [0.15, 0.2) is 22.7 Å². The van der Waals surface area contributed by atoms with E-state index in [-0.39, 0.29) is 0 Å². The maximum Gasteiger partial charge on any atom is 0.139 e. The average Bonchev–Trinajstić information content (AvgIpc) is 2.31. The van der Waals surface area contributed by atoms with E-state index in [4.69, 9.17) is 17.3 Å². The third-order valence-corrected chi connectivity index (χ3v) is 3.90. The van der Waals surface area contributed by atoms with Crippen LogP contribution in [0.25, 0.3) is 0 Å². The summed E-state index contributed by atoms with van der Waals surface area (Å²) in [5, 5.41) is 3.84. The van der Waals surface area contributed by atoms with Gasteiger partial charge in [0.15, 0.2) is 0 Å². The molecule has 0 atom stereocenters. The van der Waals surface area contributed by atoms with Crippen LogP contribution in [-0.2, 0) is 0 Å². The molecule has 0 aliphatic carbocycles. The standard InChI is InChI=1S/C12H12BrClN4/c1-6-11(15)16-7(2)17-12(6)18-9-5-3-4-8(14)10(9)13/h3-5H,1-2H3,(H3,15,16,17,18). The molecule has 0 radical (unpaired) electrons. The molecule has 4 nitrogen and oxygen atoms in total. The summed E-state index contributed by atoms with van der Waals surface area (Å²) < 4.78 is 0.793. The Morgan fingerprint density at radius 2 is 2.00 bits per heavy atom. The molecule has 1 heterocycles. The van der Waals surface area contributed by atoms with Crippen LogP contribution in [0, 0.1) is 13.8 Å². The maximum atomic E-state index is 6.04. The lowest BCUT2D eigenvalue weighted by Gasteiger charge is -2.12. The van der Waals surface area contributed by atoms with E-state index in [1.54, 1.807) is 6.92 Å². The first kappa shape index (κ1) is 13.1. The van der Waals surface area contributed by atoms with Crippen molar-refractivity contribution in [2.75, 3.05) is 11.1 Å². The fourth-order valence-corrected chi connectivity index (χ4v) is 2.04. The van der Waals surface area contributed by atoms with Crippen molar-refractivity contribution in [2.45, 2.75) is 13.8 Å². The zero-order valence-corrected chi connectivity index (χ0v) is 12.3. The molecule has 0 unspecified atom stereocenters. The highest BCUT2D eigenvalue weighted by atomic mass is 79.9. The lowest BCUT2D eigenvalue weighted by Crippen LogP contribution is -2.05. The highest BCUT2D eigenvalue weighted by molar-refractivity contribution is 9.10. The van der Waals surface area contributed by atoms with Crippen molar-refractivity contribution in [2.24, 2.45) is 0 Å². The van der Waals surface area contributed by atoms with Crippen LogP contribution in [0.4, 0.5) is 17.3 Å². The van der Waals surface area contributed by atoms with E-state index in [9.17, 15) is 0 Å². The fraction of sp³-hybridized carbons (Fsp3) is 0.167. The minimum absolute atomic E-state index is 0.475. The number of hydrogen-bond acceptors (Lipinski definition) is 4. The van der Waals surface area contributed by atoms with Gasteiger partial charge in [0, 0.05) is 5.56 Å². The van der Waals surface area contributed by atoms with Gasteiger partial charge >= 0.3 is 0 Å². The van der Waals surface area contributed by atoms with Crippen LogP contribution in [-0.4, -0.2) is 9.97 Å². The molecule has 0 aliphatic heterocycles. The van der Waals surface area contributed by atoms with Gasteiger partial charge in [-0.3, -0.25) is 0 Å². The number of aromatic nitrogens is 2. The van der Waals surface area contributed by atoms with Gasteiger partial charge < -0.3 is 11.1 Å². The van der Waals surface area contributed by atoms with E-state index in [0.717, 1.165) is 15.7 Å². The number of aryl methyl sites for hydroxylation is 1. The second-order valence-corrected chi connectivity index (χ2v) is 5.06. The molecular weight excluding hydrogens is 316 g/mol. The van der Waals surface area contributed by atoms with Crippen LogP contribution < -0.4 is 11.1 Å². The summed E-state index contributed by atoms with van der Waals surface area (Å²) in [6.45, 7) is 3.67. The highest BCUT2D eigenvalue weighted by Crippen LogP contribution is 2.32. The maximum absolute atomic E-state index is 6.04. The summed E-state index contributed by atoms with van der Waals surface area (Å²) in [4.78, 5) is 8.44. The van der Waals surface area contributed by atoms with E-state index in [0.29, 0.717) is 22.5 Å². The predicted molar refractivity (Wildman–Crippen MR) is 78.4 cm³/mol. The van der Waals surface area contributed by atoms with Gasteiger partial charge in [0.05, 0.1) is 15.2 Å². The van der Waals surface area contributed by atoms with Gasteiger partial charge in [-0.15, -0.1) is 0 Å². The van der Waals surface area contributed by atoms with Crippen molar-refractivity contribution in [3.63, 3.8) is 0 Å². The van der Waals surface area contributed by atoms with E-state index in [2.05, 4.69) is 31.2 Å². The Morgan fingerprint density at radius 3 is 2.72 bits per heavy atom. The summed E-state index contributed by atoms with van der Waals surface area (Å²) >= 11 is 9.47. The van der Waals surface area contributed by atoms with Crippen molar-refractivity contribution in [1.29, 1.82) is 0 Å². The monoisotopic (exact) mass is 326 g/mol. The van der Waals surface area contributed by atoms with Crippen molar-refractivity contribution < 1.29 is 0 Å². The first-order valence-electron chi connectivity index (χ1n) is 5.31. The number of benzene rings is 1. The molecule has 2 rings (SSSR count). The van der Waals surface area contributed by atoms with E-state index in [1.807, 2.05) is 25.1 Å². The Bertz CT molecular complexity index is 601. The first-order valence-corrected chi connectivity index (χ1v) is 6.48. The Morgan fingerprint density at radius 1 is 1.28 bits per heavy atom. The molecule has 94 valence electrons. The van der Waals surface area contributed by atoms with Crippen LogP contribution in [0.3, 0.4) is 0 Å². The van der Waals surface area contributed by atoms with Crippen LogP contribution >= 0.6 is 27.5 Å². The topological polar surface area (TPSA) is 63.8 Å². The summed E-state index contributed by atoms with van der Waals surface area (Å²) in [6.07, 6.45) is 0. The van der Waals surface area contributed by atoms with Gasteiger partial charge in [-0.25, -0.2) is 9.97 Å². The fourth-order valence-electron chi connectivity index (χ4n) is 1.50. The van der Waals surface area contributed by atoms with Gasteiger partial charge in [0.1, 0.15) is 17.5 Å². The first-order chi connectivity index (χ1) is 8.49. The minimum atomic E-state index is 0.475. The van der Waals surface area contributed by atoms with Gasteiger partial charge in [-0.05, 0) is 41.9 Å². The van der Waals surface area contributed by atoms with E-state index >= 15 is 0 Å². The van der Waals surface area contributed by atoms with Crippen LogP contribution in [0.2, 0.25) is 5.02 Å². The molecule has 6 heteroatoms. The molecule has 0 amide bonds. The molecule has 3 N–H and O–H groups in total. The van der Waals surface area contributed by atoms with Gasteiger partial charge in [-0.2, -0.15) is 0 Å². The molecule has 0 saturated carbocycles. The molecule has 18 heavy (non-hydrogen) atoms. The molecule has 0 fully saturated rings. The highest BCUT2D eigenvalue weighted by Gasteiger charge is 2.09. The van der Waals surface area contributed by atoms with E-state index in [1.165, 1.54) is 0 Å². The Hall–Kier alpha value is -1.33. The second kappa shape index (κ2) is 5.12. The smallest absolute Gasteiger partial charge is 0.139 e. The zero-order chi connectivity index (χ0) is 13.3. The van der Waals surface area contributed by atoms with Crippen LogP contribution in [0.5, 0.6) is 0 Å². The Labute approximate surface area is 119 Å². The number of nitrogens with one attached hydrogen (secondary N) is 1. The molecule has 0 saturated heterocycles. The number of nitrogens with two attached hydrogens (primary N) is 1. The number of anilines is 3. The summed E-state index contributed by atoms with van der Waals surface area (Å²) in [6, 6.07) is 5.58. The van der Waals surface area contributed by atoms with Gasteiger partial charge in [0.2, 0.25) is 0 Å². The Balaban J connectivity index is 2.43. The average molecular weight is 328 g/mol. The van der Waals surface area contributed by atoms with Crippen molar-refractivity contribution in [1.82, 2.24) is 9.97 Å². The molecule has 0 bridgehead atoms. The third-order valence-electron chi connectivity index (χ3n) is 2.50. The predicted octanol–water partition coefficient (Wildman–Crippen LogP) is 3.84. The van der Waals surface area contributed by atoms with Crippen molar-refractivity contribution in [3.8, 4) is 0 Å². The van der Waals surface area contributed by atoms with Crippen molar-refractivity contribution >= 4 is 44.9 Å². The SMILES string of the molecule is Cc1nc(N)c(C)c(Nc2cccc(Cl)c2Br)n1. The lowest BCUT2D eigenvalue weighted by atomic mass is 10.2. The number of rotatable bonds is 2.